The summed E-state index contributed by atoms with van der Waals surface area (Å²) in [5.74, 6) is -0.686. The van der Waals surface area contributed by atoms with E-state index in [1.807, 2.05) is 18.2 Å². The van der Waals surface area contributed by atoms with Crippen LogP contribution < -0.4 is 0 Å². The third-order valence-corrected chi connectivity index (χ3v) is 7.51. The van der Waals surface area contributed by atoms with Crippen molar-refractivity contribution in [2.45, 2.75) is 45.4 Å². The van der Waals surface area contributed by atoms with Crippen LogP contribution in [0.2, 0.25) is 5.02 Å². The summed E-state index contributed by atoms with van der Waals surface area (Å²) >= 11 is 6.34. The normalized spacial score (nSPS) is 18.8. The first-order valence-electron chi connectivity index (χ1n) is 11.9. The Hall–Kier alpha value is -3.49. The summed E-state index contributed by atoms with van der Waals surface area (Å²) in [7, 11) is 0. The van der Waals surface area contributed by atoms with Gasteiger partial charge in [0, 0.05) is 46.2 Å². The predicted molar refractivity (Wildman–Crippen MR) is 138 cm³/mol. The van der Waals surface area contributed by atoms with Crippen molar-refractivity contribution in [1.29, 1.82) is 5.26 Å². The van der Waals surface area contributed by atoms with Crippen LogP contribution in [0.4, 0.5) is 5.69 Å². The van der Waals surface area contributed by atoms with Gasteiger partial charge in [0.05, 0.1) is 22.6 Å². The molecule has 1 aliphatic heterocycles. The molecule has 176 valence electrons. The van der Waals surface area contributed by atoms with Crippen molar-refractivity contribution in [2.24, 2.45) is 5.92 Å². The van der Waals surface area contributed by atoms with Crippen LogP contribution in [0.3, 0.4) is 0 Å². The lowest BCUT2D eigenvalue weighted by molar-refractivity contribution is -0.439. The Morgan fingerprint density at radius 3 is 2.60 bits per heavy atom. The number of nitrogens with zero attached hydrogens (tertiary/aromatic N) is 2. The van der Waals surface area contributed by atoms with Crippen LogP contribution in [-0.4, -0.2) is 33.4 Å². The van der Waals surface area contributed by atoms with Crippen LogP contribution in [0.15, 0.2) is 54.2 Å². The molecular formula is C29H27ClN3O2+. The highest BCUT2D eigenvalue weighted by atomic mass is 35.5. The summed E-state index contributed by atoms with van der Waals surface area (Å²) in [6.45, 7) is 9.38. The van der Waals surface area contributed by atoms with E-state index in [0.717, 1.165) is 40.8 Å². The Balaban J connectivity index is 1.56. The molecule has 0 radical (unpaired) electrons. The topological polar surface area (TPSA) is 76.7 Å². The second kappa shape index (κ2) is 8.32. The monoisotopic (exact) mass is 484 g/mol. The Bertz CT molecular complexity index is 1500. The molecule has 5 rings (SSSR count). The third kappa shape index (κ3) is 3.64. The molecule has 0 unspecified atom stereocenters. The maximum absolute atomic E-state index is 13.3. The molecule has 2 aromatic carbocycles. The molecule has 0 amide bonds. The van der Waals surface area contributed by atoms with Gasteiger partial charge in [0.25, 0.3) is 0 Å². The van der Waals surface area contributed by atoms with Crippen LogP contribution in [-0.2, 0) is 15.0 Å². The average Bonchev–Trinajstić information content (AvgIpc) is 3.31. The SMILES string of the molecule is CC(C)CC[N+]1=C(C=C2C(=O)C(c3c[nH]c4ccc(C#N)cc34)C2=O)C(C)(C)c2cc(Cl)ccc21. The number of fused-ring (bicyclic) bond motifs is 2. The smallest absolute Gasteiger partial charge is 0.209 e. The lowest BCUT2D eigenvalue weighted by Gasteiger charge is -2.26. The minimum absolute atomic E-state index is 0.181. The first-order valence-corrected chi connectivity index (χ1v) is 12.3. The summed E-state index contributed by atoms with van der Waals surface area (Å²) in [5, 5.41) is 10.7. The first kappa shape index (κ1) is 23.3. The molecule has 1 aromatic heterocycles. The molecule has 35 heavy (non-hydrogen) atoms. The number of benzene rings is 2. The van der Waals surface area contributed by atoms with Gasteiger partial charge in [-0.05, 0) is 55.7 Å². The number of ketones is 2. The number of carbonyl (C=O) groups is 2. The van der Waals surface area contributed by atoms with Crippen molar-refractivity contribution in [3.63, 3.8) is 0 Å². The molecule has 1 saturated carbocycles. The molecule has 0 spiro atoms. The summed E-state index contributed by atoms with van der Waals surface area (Å²) in [6, 6.07) is 13.3. The number of rotatable bonds is 5. The van der Waals surface area contributed by atoms with Crippen LogP contribution in [0.25, 0.3) is 10.9 Å². The van der Waals surface area contributed by atoms with Gasteiger partial charge in [0.1, 0.15) is 12.5 Å². The van der Waals surface area contributed by atoms with Gasteiger partial charge >= 0.3 is 0 Å². The van der Waals surface area contributed by atoms with Crippen LogP contribution >= 0.6 is 11.6 Å². The van der Waals surface area contributed by atoms with Crippen molar-refractivity contribution < 1.29 is 14.2 Å². The number of nitrogens with one attached hydrogen (secondary N) is 1. The highest BCUT2D eigenvalue weighted by Gasteiger charge is 2.50. The fourth-order valence-electron chi connectivity index (χ4n) is 5.22. The number of Topliss-reactive ketones (excluding diaryl/α,β-unsaturated/α-hetero) is 2. The van der Waals surface area contributed by atoms with Crippen LogP contribution in [0, 0.1) is 17.2 Å². The molecule has 1 N–H and O–H groups in total. The number of H-pyrrole nitrogens is 1. The average molecular weight is 485 g/mol. The molecule has 5 nitrogen and oxygen atoms in total. The molecule has 1 aliphatic carbocycles. The molecule has 0 saturated heterocycles. The molecule has 1 fully saturated rings. The fraction of sp³-hybridized carbons (Fsp3) is 0.310. The molecule has 6 heteroatoms. The van der Waals surface area contributed by atoms with Crippen molar-refractivity contribution in [1.82, 2.24) is 4.98 Å². The maximum Gasteiger partial charge on any atom is 0.209 e. The van der Waals surface area contributed by atoms with Crippen molar-refractivity contribution in [2.75, 3.05) is 6.54 Å². The molecule has 0 atom stereocenters. The number of allylic oxidation sites excluding steroid dienone is 2. The van der Waals surface area contributed by atoms with E-state index in [9.17, 15) is 14.9 Å². The fourth-order valence-corrected chi connectivity index (χ4v) is 5.39. The molecule has 3 aromatic rings. The number of nitriles is 1. The number of aromatic nitrogens is 1. The Labute approximate surface area is 209 Å². The quantitative estimate of drug-likeness (QED) is 0.209. The minimum Gasteiger partial charge on any atom is -0.361 e. The van der Waals surface area contributed by atoms with Gasteiger partial charge in [0.15, 0.2) is 17.3 Å². The number of aromatic amines is 1. The molecule has 0 bridgehead atoms. The number of halogens is 1. The largest absolute Gasteiger partial charge is 0.361 e. The standard InChI is InChI=1S/C29H26ClN3O2/c1-16(2)9-10-33-24-8-6-18(30)12-22(24)29(3,4)25(33)13-20-27(34)26(28(20)35)21-15-32-23-7-5-17(14-31)11-19(21)23/h5-8,11-13,15-16,26H,9-10H2,1-4H3/p+1. The van der Waals surface area contributed by atoms with Gasteiger partial charge in [-0.1, -0.05) is 25.4 Å². The van der Waals surface area contributed by atoms with E-state index in [2.05, 4.69) is 43.3 Å². The maximum atomic E-state index is 13.3. The summed E-state index contributed by atoms with van der Waals surface area (Å²) in [5.41, 5.74) is 4.86. The lowest BCUT2D eigenvalue weighted by Crippen LogP contribution is -2.40. The van der Waals surface area contributed by atoms with Gasteiger partial charge < -0.3 is 4.98 Å². The minimum atomic E-state index is -0.838. The summed E-state index contributed by atoms with van der Waals surface area (Å²) < 4.78 is 2.23. The van der Waals surface area contributed by atoms with E-state index in [4.69, 9.17) is 11.6 Å². The zero-order valence-electron chi connectivity index (χ0n) is 20.3. The van der Waals surface area contributed by atoms with Crippen molar-refractivity contribution >= 4 is 45.5 Å². The number of hydrogen-bond donors (Lipinski definition) is 1. The lowest BCUT2D eigenvalue weighted by atomic mass is 9.71. The van der Waals surface area contributed by atoms with E-state index >= 15 is 0 Å². The van der Waals surface area contributed by atoms with E-state index in [1.54, 1.807) is 30.5 Å². The first-order chi connectivity index (χ1) is 16.6. The van der Waals surface area contributed by atoms with Gasteiger partial charge in [-0.25, -0.2) is 0 Å². The molecule has 2 heterocycles. The van der Waals surface area contributed by atoms with Gasteiger partial charge in [0.2, 0.25) is 5.69 Å². The van der Waals surface area contributed by atoms with Gasteiger partial charge in [-0.3, -0.25) is 9.59 Å². The van der Waals surface area contributed by atoms with E-state index in [1.165, 1.54) is 0 Å². The second-order valence-corrected chi connectivity index (χ2v) is 10.8. The number of hydrogen-bond acceptors (Lipinski definition) is 3. The zero-order chi connectivity index (χ0) is 25.1. The second-order valence-electron chi connectivity index (χ2n) is 10.3. The van der Waals surface area contributed by atoms with Gasteiger partial charge in [-0.2, -0.15) is 9.84 Å². The van der Waals surface area contributed by atoms with Crippen molar-refractivity contribution in [3.8, 4) is 6.07 Å². The molecular weight excluding hydrogens is 458 g/mol. The third-order valence-electron chi connectivity index (χ3n) is 7.27. The Morgan fingerprint density at radius 1 is 1.17 bits per heavy atom. The number of carbonyl (C=O) groups excluding carboxylic acids is 2. The van der Waals surface area contributed by atoms with Crippen molar-refractivity contribution in [3.05, 3.63) is 76.0 Å². The molecule has 2 aliphatic rings. The van der Waals surface area contributed by atoms with E-state index in [0.29, 0.717) is 22.1 Å². The van der Waals surface area contributed by atoms with Crippen LogP contribution in [0.5, 0.6) is 0 Å². The highest BCUT2D eigenvalue weighted by Crippen LogP contribution is 2.44. The zero-order valence-corrected chi connectivity index (χ0v) is 21.0. The predicted octanol–water partition coefficient (Wildman–Crippen LogP) is 5.98. The van der Waals surface area contributed by atoms with Crippen LogP contribution in [0.1, 0.15) is 56.7 Å². The van der Waals surface area contributed by atoms with Gasteiger partial charge in [-0.15, -0.1) is 0 Å². The Morgan fingerprint density at radius 2 is 1.91 bits per heavy atom. The highest BCUT2D eigenvalue weighted by molar-refractivity contribution is 6.43. The van der Waals surface area contributed by atoms with E-state index in [-0.39, 0.29) is 17.1 Å². The Kier molecular flexibility index (Phi) is 5.53. The summed E-state index contributed by atoms with van der Waals surface area (Å²) in [6.07, 6.45) is 4.49. The van der Waals surface area contributed by atoms with E-state index < -0.39 is 11.3 Å². The summed E-state index contributed by atoms with van der Waals surface area (Å²) in [4.78, 5) is 29.8.